The Bertz CT molecular complexity index is 650. The standard InChI is InChI=1S/C11H17NO5S2/c1-17-9-4-5-10(12)11(8-9)19(15,16)7-3-6-18(2,13)14/h4-5,8H,3,6-7,12H2,1-2H3. The zero-order valence-corrected chi connectivity index (χ0v) is 12.4. The Morgan fingerprint density at radius 3 is 2.32 bits per heavy atom. The molecule has 0 saturated heterocycles. The summed E-state index contributed by atoms with van der Waals surface area (Å²) in [7, 11) is -5.37. The van der Waals surface area contributed by atoms with E-state index in [1.54, 1.807) is 6.07 Å². The molecule has 0 aliphatic carbocycles. The predicted octanol–water partition coefficient (Wildman–Crippen LogP) is 0.486. The first-order valence-electron chi connectivity index (χ1n) is 5.50. The van der Waals surface area contributed by atoms with E-state index in [-0.39, 0.29) is 28.5 Å². The van der Waals surface area contributed by atoms with Gasteiger partial charge in [-0.1, -0.05) is 0 Å². The summed E-state index contributed by atoms with van der Waals surface area (Å²) >= 11 is 0. The molecule has 1 aromatic carbocycles. The normalized spacial score (nSPS) is 12.3. The quantitative estimate of drug-likeness (QED) is 0.767. The lowest BCUT2D eigenvalue weighted by atomic mass is 10.3. The molecule has 108 valence electrons. The summed E-state index contributed by atoms with van der Waals surface area (Å²) in [6, 6.07) is 4.35. The predicted molar refractivity (Wildman–Crippen MR) is 73.8 cm³/mol. The van der Waals surface area contributed by atoms with Crippen LogP contribution in [-0.4, -0.2) is 41.7 Å². The summed E-state index contributed by atoms with van der Waals surface area (Å²) in [5.41, 5.74) is 5.76. The third-order valence-corrected chi connectivity index (χ3v) is 5.36. The Balaban J connectivity index is 2.94. The zero-order chi connectivity index (χ0) is 14.7. The minimum atomic E-state index is -3.62. The van der Waals surface area contributed by atoms with Crippen LogP contribution < -0.4 is 10.5 Å². The van der Waals surface area contributed by atoms with E-state index in [2.05, 4.69) is 0 Å². The monoisotopic (exact) mass is 307 g/mol. The number of hydrogen-bond donors (Lipinski definition) is 1. The van der Waals surface area contributed by atoms with Gasteiger partial charge in [0.05, 0.1) is 29.2 Å². The summed E-state index contributed by atoms with van der Waals surface area (Å²) in [5, 5.41) is 0. The topological polar surface area (TPSA) is 104 Å². The Morgan fingerprint density at radius 2 is 1.79 bits per heavy atom. The van der Waals surface area contributed by atoms with E-state index < -0.39 is 19.7 Å². The number of hydrogen-bond acceptors (Lipinski definition) is 6. The Kier molecular flexibility index (Phi) is 4.81. The average molecular weight is 307 g/mol. The second kappa shape index (κ2) is 5.79. The van der Waals surface area contributed by atoms with Gasteiger partial charge in [-0.25, -0.2) is 16.8 Å². The van der Waals surface area contributed by atoms with Gasteiger partial charge in [0.2, 0.25) is 0 Å². The van der Waals surface area contributed by atoms with Crippen molar-refractivity contribution >= 4 is 25.4 Å². The highest BCUT2D eigenvalue weighted by atomic mass is 32.2. The summed E-state index contributed by atoms with van der Waals surface area (Å²) in [6.45, 7) is 0. The Morgan fingerprint density at radius 1 is 1.16 bits per heavy atom. The van der Waals surface area contributed by atoms with Gasteiger partial charge < -0.3 is 10.5 Å². The minimum absolute atomic E-state index is 0.0275. The van der Waals surface area contributed by atoms with Gasteiger partial charge in [-0.15, -0.1) is 0 Å². The van der Waals surface area contributed by atoms with Crippen LogP contribution >= 0.6 is 0 Å². The van der Waals surface area contributed by atoms with E-state index >= 15 is 0 Å². The number of sulfone groups is 2. The van der Waals surface area contributed by atoms with Crippen LogP contribution in [0.5, 0.6) is 5.75 Å². The number of nitrogen functional groups attached to an aromatic ring is 1. The summed E-state index contributed by atoms with van der Waals surface area (Å²) < 4.78 is 51.1. The van der Waals surface area contributed by atoms with E-state index in [1.807, 2.05) is 0 Å². The van der Waals surface area contributed by atoms with Crippen molar-refractivity contribution in [1.82, 2.24) is 0 Å². The Hall–Kier alpha value is -1.28. The molecule has 0 fully saturated rings. The molecule has 8 heteroatoms. The molecule has 0 saturated carbocycles. The second-order valence-electron chi connectivity index (χ2n) is 4.21. The van der Waals surface area contributed by atoms with E-state index in [0.717, 1.165) is 6.26 Å². The number of benzene rings is 1. The highest BCUT2D eigenvalue weighted by molar-refractivity contribution is 7.92. The van der Waals surface area contributed by atoms with Crippen LogP contribution in [0, 0.1) is 0 Å². The Labute approximate surface area is 113 Å². The van der Waals surface area contributed by atoms with Crippen molar-refractivity contribution in [3.8, 4) is 5.75 Å². The van der Waals surface area contributed by atoms with Crippen LogP contribution in [0.2, 0.25) is 0 Å². The van der Waals surface area contributed by atoms with Crippen molar-refractivity contribution in [2.75, 3.05) is 30.6 Å². The van der Waals surface area contributed by atoms with Gasteiger partial charge in [0.25, 0.3) is 0 Å². The maximum atomic E-state index is 12.1. The molecule has 0 radical (unpaired) electrons. The minimum Gasteiger partial charge on any atom is -0.497 e. The fourth-order valence-corrected chi connectivity index (χ4v) is 3.85. The van der Waals surface area contributed by atoms with Crippen LogP contribution in [-0.2, 0) is 19.7 Å². The number of rotatable bonds is 6. The number of methoxy groups -OCH3 is 1. The summed E-state index contributed by atoms with van der Waals surface area (Å²) in [6.07, 6.45) is 1.11. The highest BCUT2D eigenvalue weighted by Crippen LogP contribution is 2.25. The molecule has 0 spiro atoms. The lowest BCUT2D eigenvalue weighted by Gasteiger charge is -2.09. The molecule has 0 atom stereocenters. The lowest BCUT2D eigenvalue weighted by molar-refractivity contribution is 0.413. The van der Waals surface area contributed by atoms with Gasteiger partial charge in [0, 0.05) is 12.3 Å². The molecule has 2 N–H and O–H groups in total. The molecule has 6 nitrogen and oxygen atoms in total. The fraction of sp³-hybridized carbons (Fsp3) is 0.455. The number of anilines is 1. The van der Waals surface area contributed by atoms with Crippen LogP contribution in [0.3, 0.4) is 0 Å². The highest BCUT2D eigenvalue weighted by Gasteiger charge is 2.19. The molecular weight excluding hydrogens is 290 g/mol. The molecule has 0 bridgehead atoms. The van der Waals surface area contributed by atoms with E-state index in [0.29, 0.717) is 5.75 Å². The first-order valence-corrected chi connectivity index (χ1v) is 9.21. The van der Waals surface area contributed by atoms with Gasteiger partial charge in [-0.3, -0.25) is 0 Å². The van der Waals surface area contributed by atoms with E-state index in [9.17, 15) is 16.8 Å². The maximum absolute atomic E-state index is 12.1. The number of nitrogens with two attached hydrogens (primary N) is 1. The first-order chi connectivity index (χ1) is 8.65. The van der Waals surface area contributed by atoms with Crippen molar-refractivity contribution in [1.29, 1.82) is 0 Å². The molecule has 0 aliphatic heterocycles. The van der Waals surface area contributed by atoms with Crippen LogP contribution in [0.1, 0.15) is 6.42 Å². The van der Waals surface area contributed by atoms with E-state index in [4.69, 9.17) is 10.5 Å². The molecular formula is C11H17NO5S2. The second-order valence-corrected chi connectivity index (χ2v) is 8.54. The smallest absolute Gasteiger partial charge is 0.180 e. The van der Waals surface area contributed by atoms with E-state index in [1.165, 1.54) is 19.2 Å². The third-order valence-electron chi connectivity index (χ3n) is 2.48. The molecule has 19 heavy (non-hydrogen) atoms. The molecule has 0 aliphatic rings. The van der Waals surface area contributed by atoms with Gasteiger partial charge >= 0.3 is 0 Å². The fourth-order valence-electron chi connectivity index (χ4n) is 1.53. The van der Waals surface area contributed by atoms with Crippen molar-refractivity contribution < 1.29 is 21.6 Å². The molecule has 0 heterocycles. The van der Waals surface area contributed by atoms with Gasteiger partial charge in [0.15, 0.2) is 9.84 Å². The third kappa shape index (κ3) is 4.71. The van der Waals surface area contributed by atoms with Crippen molar-refractivity contribution in [3.63, 3.8) is 0 Å². The molecule has 0 aromatic heterocycles. The molecule has 1 rings (SSSR count). The number of ether oxygens (including phenoxy) is 1. The lowest BCUT2D eigenvalue weighted by Crippen LogP contribution is -2.13. The maximum Gasteiger partial charge on any atom is 0.180 e. The largest absolute Gasteiger partial charge is 0.497 e. The van der Waals surface area contributed by atoms with Crippen molar-refractivity contribution in [3.05, 3.63) is 18.2 Å². The van der Waals surface area contributed by atoms with Gasteiger partial charge in [-0.2, -0.15) is 0 Å². The summed E-state index contributed by atoms with van der Waals surface area (Å²) in [4.78, 5) is -0.0275. The molecule has 1 aromatic rings. The van der Waals surface area contributed by atoms with Gasteiger partial charge in [0.1, 0.15) is 15.6 Å². The average Bonchev–Trinajstić information content (AvgIpc) is 2.27. The van der Waals surface area contributed by atoms with Crippen LogP contribution in [0.25, 0.3) is 0 Å². The summed E-state index contributed by atoms with van der Waals surface area (Å²) in [5.74, 6) is -0.0519. The SMILES string of the molecule is COc1ccc(N)c(S(=O)(=O)CCCS(C)(=O)=O)c1. The van der Waals surface area contributed by atoms with Crippen molar-refractivity contribution in [2.45, 2.75) is 11.3 Å². The van der Waals surface area contributed by atoms with Crippen molar-refractivity contribution in [2.24, 2.45) is 0 Å². The molecule has 0 unspecified atom stereocenters. The zero-order valence-electron chi connectivity index (χ0n) is 10.8. The first kappa shape index (κ1) is 15.8. The molecule has 0 amide bonds. The van der Waals surface area contributed by atoms with Gasteiger partial charge in [-0.05, 0) is 18.6 Å². The van der Waals surface area contributed by atoms with Crippen LogP contribution in [0.15, 0.2) is 23.1 Å². The van der Waals surface area contributed by atoms with Crippen LogP contribution in [0.4, 0.5) is 5.69 Å².